The SMILES string of the molecule is CCc1ccc(N=C2S/C(=C/c3cc(C(C)(C)C)c(O)c(C(C)(C)C)c3)C(=O)N2c2ccc(CC)cc2)cc1. The normalized spacial score (nSPS) is 16.5. The van der Waals surface area contributed by atoms with Gasteiger partial charge in [-0.25, -0.2) is 4.99 Å². The molecule has 1 heterocycles. The molecule has 1 fully saturated rings. The summed E-state index contributed by atoms with van der Waals surface area (Å²) in [6, 6.07) is 20.3. The quantitative estimate of drug-likeness (QED) is 0.329. The van der Waals surface area contributed by atoms with Gasteiger partial charge in [-0.05, 0) is 94.6 Å². The second kappa shape index (κ2) is 11.1. The van der Waals surface area contributed by atoms with Gasteiger partial charge in [0.2, 0.25) is 0 Å². The average Bonchev–Trinajstić information content (AvgIpc) is 3.18. The van der Waals surface area contributed by atoms with Crippen molar-refractivity contribution in [2.75, 3.05) is 4.90 Å². The van der Waals surface area contributed by atoms with Crippen molar-refractivity contribution in [1.29, 1.82) is 0 Å². The molecule has 1 N–H and O–H groups in total. The fourth-order valence-electron chi connectivity index (χ4n) is 4.61. The number of carbonyl (C=O) groups is 1. The van der Waals surface area contributed by atoms with Crippen molar-refractivity contribution < 1.29 is 9.90 Å². The van der Waals surface area contributed by atoms with Gasteiger partial charge in [0.15, 0.2) is 5.17 Å². The number of phenolic OH excluding ortho intramolecular Hbond substituents is 1. The summed E-state index contributed by atoms with van der Waals surface area (Å²) in [5, 5.41) is 11.8. The number of carbonyl (C=O) groups excluding carboxylic acids is 1. The Bertz CT molecular complexity index is 1380. The van der Waals surface area contributed by atoms with Gasteiger partial charge in [-0.1, -0.05) is 79.7 Å². The highest BCUT2D eigenvalue weighted by Gasteiger charge is 2.35. The van der Waals surface area contributed by atoms with Crippen LogP contribution in [0.15, 0.2) is 70.6 Å². The van der Waals surface area contributed by atoms with Crippen LogP contribution in [0.2, 0.25) is 0 Å². The number of aryl methyl sites for hydroxylation is 2. The van der Waals surface area contributed by atoms with Gasteiger partial charge in [-0.3, -0.25) is 9.69 Å². The van der Waals surface area contributed by atoms with Crippen molar-refractivity contribution in [2.45, 2.75) is 79.1 Å². The summed E-state index contributed by atoms with van der Waals surface area (Å²) >= 11 is 1.39. The van der Waals surface area contributed by atoms with Crippen molar-refractivity contribution in [2.24, 2.45) is 4.99 Å². The third kappa shape index (κ3) is 6.30. The van der Waals surface area contributed by atoms with Crippen molar-refractivity contribution in [3.63, 3.8) is 0 Å². The van der Waals surface area contributed by atoms with E-state index in [-0.39, 0.29) is 16.7 Å². The number of benzene rings is 3. The number of nitrogens with zero attached hydrogens (tertiary/aromatic N) is 2. The number of hydrogen-bond acceptors (Lipinski definition) is 4. The second-order valence-electron chi connectivity index (χ2n) is 12.2. The minimum Gasteiger partial charge on any atom is -0.507 e. The molecule has 0 saturated carbocycles. The van der Waals surface area contributed by atoms with E-state index in [2.05, 4.69) is 79.7 Å². The molecule has 204 valence electrons. The summed E-state index contributed by atoms with van der Waals surface area (Å²) in [6.45, 7) is 16.8. The third-order valence-corrected chi connectivity index (χ3v) is 7.99. The van der Waals surface area contributed by atoms with E-state index in [1.165, 1.54) is 22.9 Å². The molecule has 0 radical (unpaired) electrons. The van der Waals surface area contributed by atoms with Gasteiger partial charge in [0.25, 0.3) is 5.91 Å². The summed E-state index contributed by atoms with van der Waals surface area (Å²) in [6.07, 6.45) is 3.84. The summed E-state index contributed by atoms with van der Waals surface area (Å²) in [5.74, 6) is 0.230. The third-order valence-electron chi connectivity index (χ3n) is 7.02. The van der Waals surface area contributed by atoms with Gasteiger partial charge in [0.05, 0.1) is 16.3 Å². The van der Waals surface area contributed by atoms with Gasteiger partial charge in [-0.2, -0.15) is 0 Å². The lowest BCUT2D eigenvalue weighted by Gasteiger charge is -2.28. The molecule has 1 aliphatic rings. The molecule has 1 saturated heterocycles. The van der Waals surface area contributed by atoms with Gasteiger partial charge < -0.3 is 5.11 Å². The summed E-state index contributed by atoms with van der Waals surface area (Å²) < 4.78 is 0. The van der Waals surface area contributed by atoms with Crippen LogP contribution < -0.4 is 4.90 Å². The van der Waals surface area contributed by atoms with Crippen molar-refractivity contribution in [1.82, 2.24) is 0 Å². The first-order valence-corrected chi connectivity index (χ1v) is 14.5. The maximum Gasteiger partial charge on any atom is 0.271 e. The highest BCUT2D eigenvalue weighted by atomic mass is 32.2. The molecule has 0 unspecified atom stereocenters. The standard InChI is InChI=1S/C34H40N2O2S/c1-9-22-11-15-25(16-12-22)35-32-36(26-17-13-23(10-2)14-18-26)31(38)29(39-32)21-24-19-27(33(3,4)5)30(37)28(20-24)34(6,7)8/h11-21,37H,9-10H2,1-8H3/b29-21+,35-32?. The maximum atomic E-state index is 13.9. The first kappa shape index (κ1) is 28.7. The van der Waals surface area contributed by atoms with Crippen LogP contribution in [0.1, 0.15) is 83.2 Å². The van der Waals surface area contributed by atoms with Gasteiger partial charge >= 0.3 is 0 Å². The van der Waals surface area contributed by atoms with Gasteiger partial charge in [0, 0.05) is 11.1 Å². The number of hydrogen-bond donors (Lipinski definition) is 1. The number of thioether (sulfide) groups is 1. The minimum atomic E-state index is -0.254. The Labute approximate surface area is 237 Å². The van der Waals surface area contributed by atoms with Crippen LogP contribution in [0.5, 0.6) is 5.75 Å². The largest absolute Gasteiger partial charge is 0.507 e. The van der Waals surface area contributed by atoms with Gasteiger partial charge in [-0.15, -0.1) is 0 Å². The molecule has 0 atom stereocenters. The highest BCUT2D eigenvalue weighted by molar-refractivity contribution is 8.19. The second-order valence-corrected chi connectivity index (χ2v) is 13.2. The molecule has 0 spiro atoms. The average molecular weight is 541 g/mol. The van der Waals surface area contributed by atoms with Crippen molar-refractivity contribution in [3.8, 4) is 5.75 Å². The zero-order valence-corrected chi connectivity index (χ0v) is 25.2. The molecule has 5 heteroatoms. The molecular weight excluding hydrogens is 500 g/mol. The van der Waals surface area contributed by atoms with Crippen LogP contribution >= 0.6 is 11.8 Å². The zero-order valence-electron chi connectivity index (χ0n) is 24.4. The monoisotopic (exact) mass is 540 g/mol. The van der Waals surface area contributed by atoms with Crippen molar-refractivity contribution >= 4 is 40.3 Å². The Morgan fingerprint density at radius 1 is 0.821 bits per heavy atom. The molecule has 1 amide bonds. The molecule has 0 aliphatic carbocycles. The summed E-state index contributed by atoms with van der Waals surface area (Å²) in [4.78, 5) is 21.1. The van der Waals surface area contributed by atoms with Crippen LogP contribution in [0.4, 0.5) is 11.4 Å². The van der Waals surface area contributed by atoms with Crippen LogP contribution in [-0.2, 0) is 28.5 Å². The van der Waals surface area contributed by atoms with E-state index in [0.29, 0.717) is 15.8 Å². The number of rotatable bonds is 5. The van der Waals surface area contributed by atoms with E-state index in [1.54, 1.807) is 4.90 Å². The fourth-order valence-corrected chi connectivity index (χ4v) is 5.61. The lowest BCUT2D eigenvalue weighted by molar-refractivity contribution is -0.113. The minimum absolute atomic E-state index is 0.101. The summed E-state index contributed by atoms with van der Waals surface area (Å²) in [5.41, 5.74) is 6.21. The van der Waals surface area contributed by atoms with E-state index in [0.717, 1.165) is 40.9 Å². The predicted molar refractivity (Wildman–Crippen MR) is 167 cm³/mol. The number of amides is 1. The molecule has 0 aromatic heterocycles. The Hall–Kier alpha value is -3.31. The van der Waals surface area contributed by atoms with Crippen LogP contribution in [0, 0.1) is 0 Å². The number of anilines is 1. The Morgan fingerprint density at radius 3 is 1.77 bits per heavy atom. The van der Waals surface area contributed by atoms with Crippen LogP contribution in [0.25, 0.3) is 6.08 Å². The molecule has 4 nitrogen and oxygen atoms in total. The highest BCUT2D eigenvalue weighted by Crippen LogP contribution is 2.42. The lowest BCUT2D eigenvalue weighted by Crippen LogP contribution is -2.28. The van der Waals surface area contributed by atoms with E-state index in [9.17, 15) is 9.90 Å². The molecule has 3 aromatic rings. The lowest BCUT2D eigenvalue weighted by atomic mass is 9.78. The number of aromatic hydroxyl groups is 1. The van der Waals surface area contributed by atoms with Crippen LogP contribution in [-0.4, -0.2) is 16.2 Å². The first-order chi connectivity index (χ1) is 18.3. The van der Waals surface area contributed by atoms with Crippen LogP contribution in [0.3, 0.4) is 0 Å². The Morgan fingerprint density at radius 2 is 1.31 bits per heavy atom. The molecule has 1 aliphatic heterocycles. The maximum absolute atomic E-state index is 13.9. The molecular formula is C34H40N2O2S. The summed E-state index contributed by atoms with van der Waals surface area (Å²) in [7, 11) is 0. The number of aliphatic imine (C=N–C) groups is 1. The van der Waals surface area contributed by atoms with Gasteiger partial charge in [0.1, 0.15) is 5.75 Å². The topological polar surface area (TPSA) is 52.9 Å². The van der Waals surface area contributed by atoms with E-state index in [1.807, 2.05) is 42.5 Å². The zero-order chi connectivity index (χ0) is 28.5. The molecule has 3 aromatic carbocycles. The van der Waals surface area contributed by atoms with E-state index < -0.39 is 0 Å². The molecule has 0 bridgehead atoms. The number of amidine groups is 1. The Kier molecular flexibility index (Phi) is 8.13. The predicted octanol–water partition coefficient (Wildman–Crippen LogP) is 8.92. The smallest absolute Gasteiger partial charge is 0.271 e. The Balaban J connectivity index is 1.83. The number of phenols is 1. The fraction of sp³-hybridized carbons (Fsp3) is 0.353. The molecule has 4 rings (SSSR count). The van der Waals surface area contributed by atoms with Crippen molar-refractivity contribution in [3.05, 3.63) is 93.4 Å². The van der Waals surface area contributed by atoms with E-state index in [4.69, 9.17) is 4.99 Å². The van der Waals surface area contributed by atoms with E-state index >= 15 is 0 Å². The first-order valence-electron chi connectivity index (χ1n) is 13.7. The molecule has 39 heavy (non-hydrogen) atoms.